The Labute approximate surface area is 145 Å². The smallest absolute Gasteiger partial charge is 0.119 e. The third kappa shape index (κ3) is 4.57. The van der Waals surface area contributed by atoms with Crippen LogP contribution in [0, 0.1) is 6.20 Å². The molecular formula is C21H27N2O. The second-order valence-electron chi connectivity index (χ2n) is 6.47. The number of aryl methyl sites for hydroxylation is 1. The lowest BCUT2D eigenvalue weighted by atomic mass is 9.99. The van der Waals surface area contributed by atoms with Crippen LogP contribution in [0.25, 0.3) is 11.3 Å². The van der Waals surface area contributed by atoms with E-state index >= 15 is 0 Å². The Balaban J connectivity index is 1.69. The summed E-state index contributed by atoms with van der Waals surface area (Å²) in [6.45, 7) is 6.47. The van der Waals surface area contributed by atoms with E-state index in [1.807, 2.05) is 12.1 Å². The van der Waals surface area contributed by atoms with Gasteiger partial charge in [-0.05, 0) is 74.7 Å². The molecule has 0 saturated carbocycles. The lowest BCUT2D eigenvalue weighted by Gasteiger charge is -2.16. The van der Waals surface area contributed by atoms with E-state index in [0.717, 1.165) is 31.0 Å². The van der Waals surface area contributed by atoms with E-state index in [9.17, 15) is 0 Å². The van der Waals surface area contributed by atoms with E-state index in [0.29, 0.717) is 0 Å². The summed E-state index contributed by atoms with van der Waals surface area (Å²) in [5.74, 6) is 0.976. The van der Waals surface area contributed by atoms with Gasteiger partial charge in [-0.2, -0.15) is 0 Å². The molecule has 0 N–H and O–H groups in total. The summed E-state index contributed by atoms with van der Waals surface area (Å²) in [5.41, 5.74) is 3.52. The SMILES string of the molecule is CCCCc1cc(OCCN2CCCC2)ccc1-c1ccc[c]n1. The molecule has 1 aliphatic rings. The second kappa shape index (κ2) is 8.84. The van der Waals surface area contributed by atoms with Crippen molar-refractivity contribution in [2.24, 2.45) is 0 Å². The maximum Gasteiger partial charge on any atom is 0.119 e. The molecule has 0 aliphatic carbocycles. The Kier molecular flexibility index (Phi) is 6.25. The van der Waals surface area contributed by atoms with Gasteiger partial charge in [-0.3, -0.25) is 4.90 Å². The highest BCUT2D eigenvalue weighted by molar-refractivity contribution is 5.64. The molecule has 3 heteroatoms. The van der Waals surface area contributed by atoms with Crippen LogP contribution in [-0.2, 0) is 6.42 Å². The molecule has 1 radical (unpaired) electrons. The summed E-state index contributed by atoms with van der Waals surface area (Å²) in [5, 5.41) is 0. The summed E-state index contributed by atoms with van der Waals surface area (Å²) in [6, 6.07) is 12.3. The van der Waals surface area contributed by atoms with E-state index < -0.39 is 0 Å². The zero-order chi connectivity index (χ0) is 16.6. The van der Waals surface area contributed by atoms with Gasteiger partial charge in [0.15, 0.2) is 0 Å². The van der Waals surface area contributed by atoms with Crippen LogP contribution in [0.2, 0.25) is 0 Å². The molecule has 1 aromatic heterocycles. The lowest BCUT2D eigenvalue weighted by molar-refractivity contribution is 0.237. The Morgan fingerprint density at radius 2 is 2.08 bits per heavy atom. The van der Waals surface area contributed by atoms with Crippen molar-refractivity contribution >= 4 is 0 Å². The first-order valence-electron chi connectivity index (χ1n) is 9.18. The van der Waals surface area contributed by atoms with Gasteiger partial charge in [0.2, 0.25) is 0 Å². The zero-order valence-corrected chi connectivity index (χ0v) is 14.6. The normalized spacial score (nSPS) is 14.9. The van der Waals surface area contributed by atoms with E-state index in [1.54, 1.807) is 0 Å². The van der Waals surface area contributed by atoms with Crippen LogP contribution in [0.5, 0.6) is 5.75 Å². The number of benzene rings is 1. The Hall–Kier alpha value is -1.87. The zero-order valence-electron chi connectivity index (χ0n) is 14.6. The second-order valence-corrected chi connectivity index (χ2v) is 6.47. The molecule has 0 unspecified atom stereocenters. The number of hydrogen-bond donors (Lipinski definition) is 0. The first kappa shape index (κ1) is 17.0. The fourth-order valence-corrected chi connectivity index (χ4v) is 3.26. The van der Waals surface area contributed by atoms with Gasteiger partial charge in [0.1, 0.15) is 12.4 Å². The monoisotopic (exact) mass is 323 g/mol. The van der Waals surface area contributed by atoms with Gasteiger partial charge < -0.3 is 4.74 Å². The molecule has 1 fully saturated rings. The van der Waals surface area contributed by atoms with Crippen molar-refractivity contribution in [3.8, 4) is 17.0 Å². The van der Waals surface area contributed by atoms with Gasteiger partial charge in [0.05, 0.1) is 11.9 Å². The molecule has 0 atom stereocenters. The van der Waals surface area contributed by atoms with Crippen LogP contribution in [0.4, 0.5) is 0 Å². The van der Waals surface area contributed by atoms with Crippen LogP contribution in [0.15, 0.2) is 36.4 Å². The van der Waals surface area contributed by atoms with Crippen molar-refractivity contribution in [1.29, 1.82) is 0 Å². The highest BCUT2D eigenvalue weighted by atomic mass is 16.5. The van der Waals surface area contributed by atoms with Crippen molar-refractivity contribution in [2.45, 2.75) is 39.0 Å². The number of nitrogens with zero attached hydrogens (tertiary/aromatic N) is 2. The Morgan fingerprint density at radius 3 is 2.83 bits per heavy atom. The number of ether oxygens (including phenoxy) is 1. The molecule has 24 heavy (non-hydrogen) atoms. The molecule has 1 aliphatic heterocycles. The van der Waals surface area contributed by atoms with Crippen molar-refractivity contribution in [3.05, 3.63) is 48.2 Å². The van der Waals surface area contributed by atoms with Crippen LogP contribution in [-0.4, -0.2) is 36.1 Å². The molecule has 3 rings (SSSR count). The minimum atomic E-state index is 0.768. The van der Waals surface area contributed by atoms with Gasteiger partial charge in [-0.15, -0.1) is 0 Å². The van der Waals surface area contributed by atoms with Crippen LogP contribution >= 0.6 is 0 Å². The molecular weight excluding hydrogens is 296 g/mol. The summed E-state index contributed by atoms with van der Waals surface area (Å²) in [4.78, 5) is 6.87. The van der Waals surface area contributed by atoms with Gasteiger partial charge in [0.25, 0.3) is 0 Å². The summed E-state index contributed by atoms with van der Waals surface area (Å²) >= 11 is 0. The van der Waals surface area contributed by atoms with Gasteiger partial charge >= 0.3 is 0 Å². The summed E-state index contributed by atoms with van der Waals surface area (Å²) in [7, 11) is 0. The Bertz CT molecular complexity index is 621. The molecule has 127 valence electrons. The predicted octanol–water partition coefficient (Wildman–Crippen LogP) is 4.37. The minimum absolute atomic E-state index is 0.768. The van der Waals surface area contributed by atoms with Crippen molar-refractivity contribution in [1.82, 2.24) is 9.88 Å². The third-order valence-corrected chi connectivity index (χ3v) is 4.64. The van der Waals surface area contributed by atoms with E-state index in [2.05, 4.69) is 47.3 Å². The van der Waals surface area contributed by atoms with Gasteiger partial charge in [-0.1, -0.05) is 19.4 Å². The average Bonchev–Trinajstić information content (AvgIpc) is 3.14. The first-order chi connectivity index (χ1) is 11.9. The van der Waals surface area contributed by atoms with Crippen molar-refractivity contribution in [3.63, 3.8) is 0 Å². The van der Waals surface area contributed by atoms with E-state index in [1.165, 1.54) is 49.9 Å². The molecule has 2 heterocycles. The molecule has 0 bridgehead atoms. The summed E-state index contributed by atoms with van der Waals surface area (Å²) < 4.78 is 6.01. The number of pyridine rings is 1. The first-order valence-corrected chi connectivity index (χ1v) is 9.18. The number of likely N-dealkylation sites (tertiary alicyclic amines) is 1. The highest BCUT2D eigenvalue weighted by Crippen LogP contribution is 2.27. The average molecular weight is 323 g/mol. The van der Waals surface area contributed by atoms with E-state index in [4.69, 9.17) is 4.74 Å². The maximum absolute atomic E-state index is 6.01. The van der Waals surface area contributed by atoms with Crippen LogP contribution < -0.4 is 4.74 Å². The van der Waals surface area contributed by atoms with Crippen molar-refractivity contribution in [2.75, 3.05) is 26.2 Å². The van der Waals surface area contributed by atoms with Gasteiger partial charge in [0, 0.05) is 12.1 Å². The molecule has 1 aromatic carbocycles. The quantitative estimate of drug-likeness (QED) is 0.721. The molecule has 3 nitrogen and oxygen atoms in total. The summed E-state index contributed by atoms with van der Waals surface area (Å²) in [6.07, 6.45) is 9.03. The maximum atomic E-state index is 6.01. The minimum Gasteiger partial charge on any atom is -0.492 e. The molecule has 0 spiro atoms. The lowest BCUT2D eigenvalue weighted by Crippen LogP contribution is -2.25. The fraction of sp³-hybridized carbons (Fsp3) is 0.476. The van der Waals surface area contributed by atoms with Crippen molar-refractivity contribution < 1.29 is 4.74 Å². The molecule has 0 amide bonds. The number of unbranched alkanes of at least 4 members (excludes halogenated alkanes) is 1. The Morgan fingerprint density at radius 1 is 1.21 bits per heavy atom. The highest BCUT2D eigenvalue weighted by Gasteiger charge is 2.12. The largest absolute Gasteiger partial charge is 0.492 e. The topological polar surface area (TPSA) is 25.4 Å². The van der Waals surface area contributed by atoms with Crippen LogP contribution in [0.3, 0.4) is 0 Å². The number of rotatable bonds is 8. The molecule has 1 saturated heterocycles. The fourth-order valence-electron chi connectivity index (χ4n) is 3.26. The molecule has 2 aromatic rings. The third-order valence-electron chi connectivity index (χ3n) is 4.64. The van der Waals surface area contributed by atoms with E-state index in [-0.39, 0.29) is 0 Å². The predicted molar refractivity (Wildman–Crippen MR) is 98.3 cm³/mol. The number of aromatic nitrogens is 1. The number of hydrogen-bond acceptors (Lipinski definition) is 3. The van der Waals surface area contributed by atoms with Crippen LogP contribution in [0.1, 0.15) is 38.2 Å². The van der Waals surface area contributed by atoms with Gasteiger partial charge in [-0.25, -0.2) is 4.98 Å². The standard InChI is InChI=1S/C21H27N2O/c1-2-3-8-18-17-19(24-16-15-23-13-6-7-14-23)10-11-20(18)21-9-4-5-12-22-21/h4-5,9-11,17H,2-3,6-8,13-16H2,1H3.